The Labute approximate surface area is 146 Å². The van der Waals surface area contributed by atoms with Gasteiger partial charge in [-0.1, -0.05) is 27.2 Å². The van der Waals surface area contributed by atoms with Crippen LogP contribution in [-0.4, -0.2) is 44.2 Å². The monoisotopic (exact) mass is 336 g/mol. The van der Waals surface area contributed by atoms with Gasteiger partial charge in [-0.25, -0.2) is 4.79 Å². The van der Waals surface area contributed by atoms with Gasteiger partial charge in [0.15, 0.2) is 0 Å². The Hall–Kier alpha value is -1.75. The van der Waals surface area contributed by atoms with Crippen molar-refractivity contribution >= 4 is 11.7 Å². The van der Waals surface area contributed by atoms with Crippen LogP contribution in [-0.2, 0) is 4.74 Å². The van der Waals surface area contributed by atoms with Crippen molar-refractivity contribution in [2.45, 2.75) is 46.1 Å². The lowest BCUT2D eigenvalue weighted by Gasteiger charge is -2.25. The summed E-state index contributed by atoms with van der Waals surface area (Å²) in [6.45, 7) is 7.35. The van der Waals surface area contributed by atoms with Crippen molar-refractivity contribution in [1.82, 2.24) is 4.90 Å². The molecule has 0 saturated carbocycles. The molecule has 0 heterocycles. The van der Waals surface area contributed by atoms with Gasteiger partial charge in [-0.05, 0) is 45.0 Å². The number of hydrogen-bond acceptors (Lipinski definition) is 5. The zero-order chi connectivity index (χ0) is 18.1. The minimum Gasteiger partial charge on any atom is -0.493 e. The molecule has 0 aromatic heterocycles. The fourth-order valence-electron chi connectivity index (χ4n) is 2.38. The molecule has 5 nitrogen and oxygen atoms in total. The third-order valence-corrected chi connectivity index (χ3v) is 3.86. The summed E-state index contributed by atoms with van der Waals surface area (Å²) < 4.78 is 11.2. The lowest BCUT2D eigenvalue weighted by molar-refractivity contribution is 0.0375. The van der Waals surface area contributed by atoms with Gasteiger partial charge >= 0.3 is 5.97 Å². The Morgan fingerprint density at radius 3 is 2.58 bits per heavy atom. The van der Waals surface area contributed by atoms with Gasteiger partial charge in [0.1, 0.15) is 17.9 Å². The van der Waals surface area contributed by atoms with Gasteiger partial charge in [0.05, 0.1) is 6.61 Å². The van der Waals surface area contributed by atoms with Crippen LogP contribution in [0.1, 0.15) is 50.4 Å². The minimum absolute atomic E-state index is 0.201. The van der Waals surface area contributed by atoms with E-state index >= 15 is 0 Å². The van der Waals surface area contributed by atoms with E-state index in [1.807, 2.05) is 14.1 Å². The summed E-state index contributed by atoms with van der Waals surface area (Å²) in [5.74, 6) is 0.677. The lowest BCUT2D eigenvalue weighted by atomic mass is 10.0. The first-order valence-electron chi connectivity index (χ1n) is 8.71. The van der Waals surface area contributed by atoms with Crippen molar-refractivity contribution < 1.29 is 14.3 Å². The number of likely N-dealkylation sites (N-methyl/N-ethyl adjacent to an activating group) is 1. The molecule has 1 unspecified atom stereocenters. The molecule has 0 spiro atoms. The van der Waals surface area contributed by atoms with Gasteiger partial charge in [-0.15, -0.1) is 0 Å². The quantitative estimate of drug-likeness (QED) is 0.402. The molecule has 0 aliphatic heterocycles. The second kappa shape index (κ2) is 10.2. The van der Waals surface area contributed by atoms with E-state index in [9.17, 15) is 4.79 Å². The number of anilines is 1. The van der Waals surface area contributed by atoms with E-state index in [0.717, 1.165) is 19.3 Å². The van der Waals surface area contributed by atoms with Crippen LogP contribution in [0.2, 0.25) is 0 Å². The number of benzene rings is 1. The van der Waals surface area contributed by atoms with Crippen molar-refractivity contribution in [3.63, 3.8) is 0 Å². The molecule has 0 radical (unpaired) electrons. The highest BCUT2D eigenvalue weighted by atomic mass is 16.5. The second-order valence-electron chi connectivity index (χ2n) is 6.80. The summed E-state index contributed by atoms with van der Waals surface area (Å²) >= 11 is 0. The van der Waals surface area contributed by atoms with Gasteiger partial charge in [0.25, 0.3) is 0 Å². The van der Waals surface area contributed by atoms with Crippen LogP contribution in [0.4, 0.5) is 5.69 Å². The maximum Gasteiger partial charge on any atom is 0.341 e. The van der Waals surface area contributed by atoms with Crippen LogP contribution in [0.5, 0.6) is 5.75 Å². The van der Waals surface area contributed by atoms with Crippen molar-refractivity contribution in [3.8, 4) is 5.75 Å². The van der Waals surface area contributed by atoms with Crippen LogP contribution >= 0.6 is 0 Å². The highest BCUT2D eigenvalue weighted by Crippen LogP contribution is 2.23. The highest BCUT2D eigenvalue weighted by Gasteiger charge is 2.19. The zero-order valence-corrected chi connectivity index (χ0v) is 15.7. The minimum atomic E-state index is -0.364. The third-order valence-electron chi connectivity index (χ3n) is 3.86. The van der Waals surface area contributed by atoms with Crippen LogP contribution in [0.15, 0.2) is 18.2 Å². The van der Waals surface area contributed by atoms with Crippen molar-refractivity contribution in [1.29, 1.82) is 0 Å². The molecule has 2 N–H and O–H groups in total. The number of carbonyl (C=O) groups excluding carboxylic acids is 1. The Kier molecular flexibility index (Phi) is 8.61. The smallest absolute Gasteiger partial charge is 0.341 e. The molecule has 1 aromatic carbocycles. The topological polar surface area (TPSA) is 64.8 Å². The summed E-state index contributed by atoms with van der Waals surface area (Å²) in [5, 5.41) is 0. The van der Waals surface area contributed by atoms with E-state index in [1.54, 1.807) is 18.2 Å². The Morgan fingerprint density at radius 2 is 2.00 bits per heavy atom. The maximum atomic E-state index is 12.5. The first-order chi connectivity index (χ1) is 11.3. The summed E-state index contributed by atoms with van der Waals surface area (Å²) in [7, 11) is 4.01. The number of hydrogen-bond donors (Lipinski definition) is 1. The van der Waals surface area contributed by atoms with Crippen LogP contribution in [0.3, 0.4) is 0 Å². The highest BCUT2D eigenvalue weighted by molar-refractivity contribution is 5.93. The summed E-state index contributed by atoms with van der Waals surface area (Å²) in [4.78, 5) is 14.6. The van der Waals surface area contributed by atoms with Crippen LogP contribution in [0, 0.1) is 5.92 Å². The van der Waals surface area contributed by atoms with Gasteiger partial charge in [-0.3, -0.25) is 0 Å². The zero-order valence-electron chi connectivity index (χ0n) is 15.7. The number of esters is 1. The third kappa shape index (κ3) is 6.79. The molecule has 0 aliphatic carbocycles. The molecule has 1 rings (SSSR count). The molecule has 1 atom stereocenters. The predicted molar refractivity (Wildman–Crippen MR) is 98.5 cm³/mol. The van der Waals surface area contributed by atoms with Crippen molar-refractivity contribution in [3.05, 3.63) is 23.8 Å². The Balaban J connectivity index is 2.75. The Bertz CT molecular complexity index is 515. The fourth-order valence-corrected chi connectivity index (χ4v) is 2.38. The first kappa shape index (κ1) is 20.3. The van der Waals surface area contributed by atoms with E-state index in [2.05, 4.69) is 25.7 Å². The molecular weight excluding hydrogens is 304 g/mol. The number of unbranched alkanes of at least 4 members (excludes halogenated alkanes) is 1. The van der Waals surface area contributed by atoms with Gasteiger partial charge in [0.2, 0.25) is 0 Å². The largest absolute Gasteiger partial charge is 0.493 e. The average molecular weight is 336 g/mol. The molecule has 0 amide bonds. The standard InChI is InChI=1S/C19H32N2O3/c1-6-7-10-23-18-12-15(20)8-9-17(18)19(22)24-13-16(21(4)5)11-14(2)3/h8-9,12,14,16H,6-7,10-11,13,20H2,1-5H3. The second-order valence-corrected chi connectivity index (χ2v) is 6.80. The SMILES string of the molecule is CCCCOc1cc(N)ccc1C(=O)OCC(CC(C)C)N(C)C. The summed E-state index contributed by atoms with van der Waals surface area (Å²) in [5.41, 5.74) is 6.82. The van der Waals surface area contributed by atoms with Gasteiger partial charge in [0, 0.05) is 17.8 Å². The van der Waals surface area contributed by atoms with Crippen LogP contribution in [0.25, 0.3) is 0 Å². The van der Waals surface area contributed by atoms with E-state index in [1.165, 1.54) is 0 Å². The molecule has 24 heavy (non-hydrogen) atoms. The molecule has 0 bridgehead atoms. The Morgan fingerprint density at radius 1 is 1.29 bits per heavy atom. The van der Waals surface area contributed by atoms with Gasteiger partial charge in [-0.2, -0.15) is 0 Å². The number of nitrogens with zero attached hydrogens (tertiary/aromatic N) is 1. The fraction of sp³-hybridized carbons (Fsp3) is 0.632. The van der Waals surface area contributed by atoms with Crippen molar-refractivity contribution in [2.75, 3.05) is 33.0 Å². The number of rotatable bonds is 10. The molecule has 0 aliphatic rings. The predicted octanol–water partition coefficient (Wildman–Crippen LogP) is 3.58. The number of ether oxygens (including phenoxy) is 2. The number of carbonyl (C=O) groups is 1. The molecule has 136 valence electrons. The van der Waals surface area contributed by atoms with Crippen LogP contribution < -0.4 is 10.5 Å². The average Bonchev–Trinajstić information content (AvgIpc) is 2.51. The summed E-state index contributed by atoms with van der Waals surface area (Å²) in [6, 6.07) is 5.25. The first-order valence-corrected chi connectivity index (χ1v) is 8.71. The van der Waals surface area contributed by atoms with Gasteiger partial charge < -0.3 is 20.1 Å². The molecule has 0 fully saturated rings. The summed E-state index contributed by atoms with van der Waals surface area (Å²) in [6.07, 6.45) is 2.93. The molecule has 5 heteroatoms. The normalized spacial score (nSPS) is 12.5. The lowest BCUT2D eigenvalue weighted by Crippen LogP contribution is -2.34. The van der Waals surface area contributed by atoms with E-state index < -0.39 is 0 Å². The van der Waals surface area contributed by atoms with E-state index in [0.29, 0.717) is 36.1 Å². The maximum absolute atomic E-state index is 12.5. The van der Waals surface area contributed by atoms with E-state index in [4.69, 9.17) is 15.2 Å². The van der Waals surface area contributed by atoms with E-state index in [-0.39, 0.29) is 12.0 Å². The number of nitrogens with two attached hydrogens (primary N) is 1. The molecular formula is C19H32N2O3. The van der Waals surface area contributed by atoms with Crippen molar-refractivity contribution in [2.24, 2.45) is 5.92 Å². The number of nitrogen functional groups attached to an aromatic ring is 1. The molecule has 1 aromatic rings. The molecule has 0 saturated heterocycles.